The smallest absolute Gasteiger partial charge is 0.220 e. The van der Waals surface area contributed by atoms with Gasteiger partial charge in [0.05, 0.1) is 25.7 Å². The van der Waals surface area contributed by atoms with Gasteiger partial charge in [-0.25, -0.2) is 0 Å². The highest BCUT2D eigenvalue weighted by molar-refractivity contribution is 5.81. The monoisotopic (exact) mass is 271 g/mol. The number of carbonyl (C=O) groups is 1. The summed E-state index contributed by atoms with van der Waals surface area (Å²) in [6.07, 6.45) is 0. The van der Waals surface area contributed by atoms with Gasteiger partial charge in [-0.3, -0.25) is 19.6 Å². The number of hydrogen-bond donors (Lipinski definition) is 0. The summed E-state index contributed by atoms with van der Waals surface area (Å²) in [5, 5.41) is 0. The van der Waals surface area contributed by atoms with Gasteiger partial charge in [0.2, 0.25) is 5.91 Å². The number of hydrogen-bond acceptors (Lipinski definition) is 5. The fourth-order valence-corrected chi connectivity index (χ4v) is 1.63. The molecule has 0 aromatic rings. The van der Waals surface area contributed by atoms with Crippen molar-refractivity contribution in [2.24, 2.45) is 4.99 Å². The molecule has 0 unspecified atom stereocenters. The fourth-order valence-electron chi connectivity index (χ4n) is 1.63. The summed E-state index contributed by atoms with van der Waals surface area (Å²) in [6, 6.07) is 0. The summed E-state index contributed by atoms with van der Waals surface area (Å²) in [4.78, 5) is 22.9. The van der Waals surface area contributed by atoms with E-state index in [1.54, 1.807) is 18.9 Å². The molecule has 6 nitrogen and oxygen atoms in total. The molecule has 1 aliphatic heterocycles. The molecule has 0 saturated carbocycles. The van der Waals surface area contributed by atoms with E-state index >= 15 is 0 Å². The molecule has 0 aliphatic carbocycles. The van der Waals surface area contributed by atoms with Gasteiger partial charge in [0.1, 0.15) is 0 Å². The zero-order valence-electron chi connectivity index (χ0n) is 13.5. The summed E-state index contributed by atoms with van der Waals surface area (Å²) in [6.45, 7) is 7.37. The van der Waals surface area contributed by atoms with Gasteiger partial charge in [-0.1, -0.05) is 0 Å². The third kappa shape index (κ3) is 8.56. The van der Waals surface area contributed by atoms with Crippen LogP contribution in [0.1, 0.15) is 13.8 Å². The summed E-state index contributed by atoms with van der Waals surface area (Å²) in [5.74, 6) is 1.28. The van der Waals surface area contributed by atoms with Crippen LogP contribution in [0.2, 0.25) is 0 Å². The first-order valence-corrected chi connectivity index (χ1v) is 6.51. The van der Waals surface area contributed by atoms with Crippen LogP contribution in [-0.4, -0.2) is 93.0 Å². The number of amides is 1. The molecule has 0 spiro atoms. The van der Waals surface area contributed by atoms with Crippen LogP contribution >= 0.6 is 0 Å². The second-order valence-electron chi connectivity index (χ2n) is 5.35. The van der Waals surface area contributed by atoms with Gasteiger partial charge in [0.25, 0.3) is 0 Å². The van der Waals surface area contributed by atoms with Gasteiger partial charge in [-0.2, -0.15) is 0 Å². The standard InChI is InChI=1S/C7H15N3.C6H14N2O/c1-7-8-4-5-10(7)6-9(2)3;1-6(9)8(4)5-7(2)3/h4-6H2,1-3H3;5H2,1-4H3. The summed E-state index contributed by atoms with van der Waals surface area (Å²) >= 11 is 0. The van der Waals surface area contributed by atoms with E-state index in [-0.39, 0.29) is 5.91 Å². The first kappa shape index (κ1) is 17.9. The van der Waals surface area contributed by atoms with E-state index in [1.807, 2.05) is 19.0 Å². The van der Waals surface area contributed by atoms with Crippen LogP contribution in [0.15, 0.2) is 4.99 Å². The van der Waals surface area contributed by atoms with Gasteiger partial charge in [0.15, 0.2) is 0 Å². The highest BCUT2D eigenvalue weighted by Gasteiger charge is 2.11. The van der Waals surface area contributed by atoms with Gasteiger partial charge in [-0.15, -0.1) is 0 Å². The zero-order valence-corrected chi connectivity index (χ0v) is 13.5. The Labute approximate surface area is 117 Å². The molecule has 6 heteroatoms. The molecule has 0 bridgehead atoms. The second kappa shape index (κ2) is 8.87. The number of nitrogens with zero attached hydrogens (tertiary/aromatic N) is 5. The van der Waals surface area contributed by atoms with Crippen molar-refractivity contribution in [2.75, 3.05) is 61.7 Å². The summed E-state index contributed by atoms with van der Waals surface area (Å²) in [7, 11) is 9.79. The van der Waals surface area contributed by atoms with E-state index in [1.165, 1.54) is 5.84 Å². The van der Waals surface area contributed by atoms with Crippen molar-refractivity contribution in [3.05, 3.63) is 0 Å². The second-order valence-corrected chi connectivity index (χ2v) is 5.35. The largest absolute Gasteiger partial charge is 0.346 e. The third-order valence-corrected chi connectivity index (χ3v) is 2.65. The molecule has 1 aliphatic rings. The van der Waals surface area contributed by atoms with Crippen molar-refractivity contribution in [3.8, 4) is 0 Å². The maximum atomic E-state index is 10.6. The first-order chi connectivity index (χ1) is 8.73. The molecule has 19 heavy (non-hydrogen) atoms. The summed E-state index contributed by atoms with van der Waals surface area (Å²) in [5.41, 5.74) is 0. The van der Waals surface area contributed by atoms with Crippen molar-refractivity contribution in [1.82, 2.24) is 19.6 Å². The van der Waals surface area contributed by atoms with Gasteiger partial charge in [-0.05, 0) is 35.1 Å². The third-order valence-electron chi connectivity index (χ3n) is 2.65. The number of rotatable bonds is 4. The fraction of sp³-hybridized carbons (Fsp3) is 0.846. The van der Waals surface area contributed by atoms with Crippen LogP contribution in [0.25, 0.3) is 0 Å². The zero-order chi connectivity index (χ0) is 15.0. The number of carbonyl (C=O) groups excluding carboxylic acids is 1. The molecule has 0 fully saturated rings. The van der Waals surface area contributed by atoms with Crippen LogP contribution in [-0.2, 0) is 4.79 Å². The van der Waals surface area contributed by atoms with Crippen LogP contribution in [0.3, 0.4) is 0 Å². The molecule has 0 radical (unpaired) electrons. The molecular formula is C13H29N5O. The Balaban J connectivity index is 0.000000344. The highest BCUT2D eigenvalue weighted by Crippen LogP contribution is 2.00. The van der Waals surface area contributed by atoms with Crippen LogP contribution in [0, 0.1) is 0 Å². The topological polar surface area (TPSA) is 42.4 Å². The summed E-state index contributed by atoms with van der Waals surface area (Å²) < 4.78 is 0. The van der Waals surface area contributed by atoms with Crippen molar-refractivity contribution in [2.45, 2.75) is 13.8 Å². The Morgan fingerprint density at radius 2 is 1.79 bits per heavy atom. The van der Waals surface area contributed by atoms with Crippen LogP contribution < -0.4 is 0 Å². The minimum Gasteiger partial charge on any atom is -0.346 e. The predicted octanol–water partition coefficient (Wildman–Crippen LogP) is 0.223. The number of aliphatic imine (C=N–C) groups is 1. The van der Waals surface area contributed by atoms with Gasteiger partial charge in [0, 0.05) is 20.5 Å². The molecule has 0 aromatic heterocycles. The molecular weight excluding hydrogens is 242 g/mol. The van der Waals surface area contributed by atoms with Crippen LogP contribution in [0.5, 0.6) is 0 Å². The lowest BCUT2D eigenvalue weighted by Gasteiger charge is -2.22. The first-order valence-electron chi connectivity index (χ1n) is 6.51. The van der Waals surface area contributed by atoms with E-state index in [2.05, 4.69) is 35.8 Å². The van der Waals surface area contributed by atoms with E-state index in [9.17, 15) is 4.79 Å². The van der Waals surface area contributed by atoms with Crippen molar-refractivity contribution in [1.29, 1.82) is 0 Å². The predicted molar refractivity (Wildman–Crippen MR) is 80.2 cm³/mol. The average molecular weight is 271 g/mol. The Morgan fingerprint density at radius 1 is 1.21 bits per heavy atom. The van der Waals surface area contributed by atoms with E-state index in [0.717, 1.165) is 19.8 Å². The quantitative estimate of drug-likeness (QED) is 0.686. The van der Waals surface area contributed by atoms with Crippen LogP contribution in [0.4, 0.5) is 0 Å². The van der Waals surface area contributed by atoms with Gasteiger partial charge < -0.3 is 9.80 Å². The van der Waals surface area contributed by atoms with Crippen molar-refractivity contribution < 1.29 is 4.79 Å². The minimum absolute atomic E-state index is 0.101. The number of amidine groups is 1. The van der Waals surface area contributed by atoms with Gasteiger partial charge >= 0.3 is 0 Å². The molecule has 0 saturated heterocycles. The van der Waals surface area contributed by atoms with E-state index in [4.69, 9.17) is 0 Å². The van der Waals surface area contributed by atoms with E-state index < -0.39 is 0 Å². The Hall–Kier alpha value is -1.14. The van der Waals surface area contributed by atoms with E-state index in [0.29, 0.717) is 6.67 Å². The molecule has 1 heterocycles. The SMILES string of the molecule is CC(=O)N(C)CN(C)C.CC1=NCCN1CN(C)C. The van der Waals surface area contributed by atoms with Crippen molar-refractivity contribution in [3.63, 3.8) is 0 Å². The lowest BCUT2D eigenvalue weighted by Crippen LogP contribution is -2.34. The Kier molecular flexibility index (Phi) is 8.34. The molecule has 0 aromatic carbocycles. The van der Waals surface area contributed by atoms with Crippen molar-refractivity contribution >= 4 is 11.7 Å². The Bertz CT molecular complexity index is 301. The lowest BCUT2D eigenvalue weighted by atomic mass is 10.5. The molecule has 1 amide bonds. The normalized spacial score (nSPS) is 14.4. The highest BCUT2D eigenvalue weighted by atomic mass is 16.2. The molecule has 0 atom stereocenters. The maximum absolute atomic E-state index is 10.6. The molecule has 0 N–H and O–H groups in total. The molecule has 112 valence electrons. The average Bonchev–Trinajstić information content (AvgIpc) is 2.63. The maximum Gasteiger partial charge on any atom is 0.220 e. The minimum atomic E-state index is 0.101. The Morgan fingerprint density at radius 3 is 2.05 bits per heavy atom. The lowest BCUT2D eigenvalue weighted by molar-refractivity contribution is -0.129. The molecule has 1 rings (SSSR count).